The van der Waals surface area contributed by atoms with Crippen LogP contribution in [0.1, 0.15) is 22.8 Å². The van der Waals surface area contributed by atoms with Gasteiger partial charge in [0.15, 0.2) is 0 Å². The average molecular weight is 675 g/mol. The molecule has 6 nitrogen and oxygen atoms in total. The summed E-state index contributed by atoms with van der Waals surface area (Å²) in [5, 5.41) is 9.45. The molecule has 7 aromatic rings. The van der Waals surface area contributed by atoms with Crippen molar-refractivity contribution < 1.29 is 9.84 Å². The Morgan fingerprint density at radius 1 is 0.423 bits per heavy atom. The fourth-order valence-corrected chi connectivity index (χ4v) is 7.14. The minimum atomic E-state index is -0.0654. The predicted octanol–water partition coefficient (Wildman–Crippen LogP) is 10.7. The Balaban J connectivity index is 1.45. The van der Waals surface area contributed by atoms with Gasteiger partial charge in [0, 0.05) is 44.3 Å². The maximum atomic E-state index is 9.45. The molecule has 52 heavy (non-hydrogen) atoms. The number of fused-ring (bicyclic) bond motifs is 8. The van der Waals surface area contributed by atoms with Crippen molar-refractivity contribution in [2.75, 3.05) is 13.2 Å². The van der Waals surface area contributed by atoms with Gasteiger partial charge in [0.1, 0.15) is 12.4 Å². The lowest BCUT2D eigenvalue weighted by atomic mass is 10.0. The van der Waals surface area contributed by atoms with Gasteiger partial charge in [0.25, 0.3) is 0 Å². The molecule has 0 amide bonds. The van der Waals surface area contributed by atoms with Crippen molar-refractivity contribution in [2.45, 2.75) is 0 Å². The van der Waals surface area contributed by atoms with E-state index in [1.165, 1.54) is 0 Å². The molecule has 4 aromatic carbocycles. The van der Waals surface area contributed by atoms with Crippen LogP contribution >= 0.6 is 0 Å². The topological polar surface area (TPSA) is 86.8 Å². The Hall–Kier alpha value is -6.76. The number of ether oxygens (including phenoxy) is 1. The second-order valence-corrected chi connectivity index (χ2v) is 12.7. The van der Waals surface area contributed by atoms with E-state index in [2.05, 4.69) is 137 Å². The molecule has 0 atom stereocenters. The number of H-pyrrole nitrogens is 2. The zero-order chi connectivity index (χ0) is 34.9. The molecule has 2 aliphatic heterocycles. The van der Waals surface area contributed by atoms with Crippen LogP contribution in [0.2, 0.25) is 0 Å². The van der Waals surface area contributed by atoms with Crippen LogP contribution in [-0.2, 0) is 0 Å². The number of aromatic nitrogens is 4. The van der Waals surface area contributed by atoms with Gasteiger partial charge < -0.3 is 19.8 Å². The number of aromatic amines is 2. The first-order valence-electron chi connectivity index (χ1n) is 17.4. The lowest BCUT2D eigenvalue weighted by molar-refractivity contribution is 0.201. The first kappa shape index (κ1) is 31.2. The van der Waals surface area contributed by atoms with E-state index >= 15 is 0 Å². The normalized spacial score (nSPS) is 11.9. The summed E-state index contributed by atoms with van der Waals surface area (Å²) < 4.78 is 5.85. The second kappa shape index (κ2) is 13.5. The first-order valence-corrected chi connectivity index (χ1v) is 17.4. The molecule has 3 aromatic heterocycles. The van der Waals surface area contributed by atoms with Crippen LogP contribution in [0, 0.1) is 0 Å². The van der Waals surface area contributed by atoms with Crippen molar-refractivity contribution in [3.63, 3.8) is 0 Å². The fourth-order valence-electron chi connectivity index (χ4n) is 7.14. The van der Waals surface area contributed by atoms with E-state index in [1.54, 1.807) is 0 Å². The van der Waals surface area contributed by atoms with E-state index in [0.717, 1.165) is 89.4 Å². The van der Waals surface area contributed by atoms with E-state index in [4.69, 9.17) is 14.7 Å². The Bertz CT molecular complexity index is 2520. The Morgan fingerprint density at radius 2 is 0.827 bits per heavy atom. The van der Waals surface area contributed by atoms with Crippen LogP contribution in [0.4, 0.5) is 0 Å². The number of nitrogens with zero attached hydrogens (tertiary/aromatic N) is 2. The first-order chi connectivity index (χ1) is 25.7. The van der Waals surface area contributed by atoms with Gasteiger partial charge in [-0.3, -0.25) is 0 Å². The van der Waals surface area contributed by atoms with Crippen LogP contribution in [0.15, 0.2) is 140 Å². The molecule has 2 aliphatic rings. The van der Waals surface area contributed by atoms with E-state index in [-0.39, 0.29) is 13.2 Å². The standard InChI is InChI=1S/C46H34N4O2/c51-27-28-52-34-18-10-17-33(29-34)46-41-25-23-39(49-41)44(31-13-6-2-7-14-31)37-21-19-35(47-37)43(30-11-4-1-5-12-30)36-20-22-38(48-36)45(32-15-8-3-9-16-32)40-24-26-42(46)50-40/h1-26,29,47-48,51H,27-28H2. The van der Waals surface area contributed by atoms with Crippen molar-refractivity contribution >= 4 is 46.4 Å². The van der Waals surface area contributed by atoms with Gasteiger partial charge in [-0.1, -0.05) is 103 Å². The maximum Gasteiger partial charge on any atom is 0.120 e. The minimum Gasteiger partial charge on any atom is -0.491 e. The van der Waals surface area contributed by atoms with Gasteiger partial charge in [-0.2, -0.15) is 0 Å². The Labute approximate surface area is 301 Å². The summed E-state index contributed by atoms with van der Waals surface area (Å²) in [7, 11) is 0. The van der Waals surface area contributed by atoms with Crippen molar-refractivity contribution in [3.05, 3.63) is 162 Å². The van der Waals surface area contributed by atoms with Crippen LogP contribution in [0.3, 0.4) is 0 Å². The molecular formula is C46H34N4O2. The summed E-state index contributed by atoms with van der Waals surface area (Å²) in [6, 6.07) is 47.8. The molecule has 5 heterocycles. The third kappa shape index (κ3) is 5.81. The number of aliphatic hydroxyl groups is 1. The highest BCUT2D eigenvalue weighted by Gasteiger charge is 2.19. The summed E-state index contributed by atoms with van der Waals surface area (Å²) in [5.41, 5.74) is 15.3. The molecule has 0 saturated heterocycles. The molecule has 0 unspecified atom stereocenters. The van der Waals surface area contributed by atoms with E-state index in [1.807, 2.05) is 36.4 Å². The van der Waals surface area contributed by atoms with Crippen molar-refractivity contribution in [2.24, 2.45) is 0 Å². The van der Waals surface area contributed by atoms with Gasteiger partial charge in [0.05, 0.1) is 29.4 Å². The van der Waals surface area contributed by atoms with Crippen LogP contribution in [0.25, 0.3) is 90.9 Å². The number of nitrogens with one attached hydrogen (secondary N) is 2. The molecule has 0 fully saturated rings. The summed E-state index contributed by atoms with van der Waals surface area (Å²) in [4.78, 5) is 18.3. The highest BCUT2D eigenvalue weighted by Crippen LogP contribution is 2.39. The number of hydrogen-bond acceptors (Lipinski definition) is 4. The number of hydrogen-bond donors (Lipinski definition) is 3. The van der Waals surface area contributed by atoms with E-state index < -0.39 is 0 Å². The number of benzene rings is 4. The van der Waals surface area contributed by atoms with Gasteiger partial charge >= 0.3 is 0 Å². The van der Waals surface area contributed by atoms with E-state index in [0.29, 0.717) is 5.75 Å². The molecular weight excluding hydrogens is 641 g/mol. The highest BCUT2D eigenvalue weighted by atomic mass is 16.5. The molecule has 3 N–H and O–H groups in total. The van der Waals surface area contributed by atoms with Crippen molar-refractivity contribution in [3.8, 4) is 50.3 Å². The summed E-state index contributed by atoms with van der Waals surface area (Å²) >= 11 is 0. The second-order valence-electron chi connectivity index (χ2n) is 12.7. The summed E-state index contributed by atoms with van der Waals surface area (Å²) in [5.74, 6) is 0.668. The fraction of sp³-hybridized carbons (Fsp3) is 0.0435. The van der Waals surface area contributed by atoms with E-state index in [9.17, 15) is 5.11 Å². The SMILES string of the molecule is OCCOc1cccc(-c2c3nc(c(-c4ccccc4)c4ccc([nH]4)c(-c4ccccc4)c4ccc([nH]4)c(-c4ccccc4)c4nc2C=C4)C=C3)c1. The van der Waals surface area contributed by atoms with Gasteiger partial charge in [-0.15, -0.1) is 0 Å². The predicted molar refractivity (Wildman–Crippen MR) is 213 cm³/mol. The summed E-state index contributed by atoms with van der Waals surface area (Å²) in [6.45, 7) is 0.144. The van der Waals surface area contributed by atoms with Gasteiger partial charge in [-0.05, 0) is 83.0 Å². The zero-order valence-corrected chi connectivity index (χ0v) is 28.3. The van der Waals surface area contributed by atoms with Crippen molar-refractivity contribution in [1.29, 1.82) is 0 Å². The maximum absolute atomic E-state index is 9.45. The molecule has 8 bridgehead atoms. The average Bonchev–Trinajstić information content (AvgIpc) is 4.03. The van der Waals surface area contributed by atoms with Crippen LogP contribution in [-0.4, -0.2) is 38.3 Å². The monoisotopic (exact) mass is 674 g/mol. The Kier molecular flexibility index (Phi) is 8.12. The lowest BCUT2D eigenvalue weighted by Gasteiger charge is -2.09. The summed E-state index contributed by atoms with van der Waals surface area (Å²) in [6.07, 6.45) is 8.33. The molecule has 9 rings (SSSR count). The molecule has 250 valence electrons. The third-order valence-corrected chi connectivity index (χ3v) is 9.42. The third-order valence-electron chi connectivity index (χ3n) is 9.42. The van der Waals surface area contributed by atoms with Crippen LogP contribution in [0.5, 0.6) is 5.75 Å². The molecule has 6 heteroatoms. The quantitative estimate of drug-likeness (QED) is 0.157. The molecule has 0 radical (unpaired) electrons. The van der Waals surface area contributed by atoms with Crippen LogP contribution < -0.4 is 4.74 Å². The highest BCUT2D eigenvalue weighted by molar-refractivity contribution is 6.00. The molecule has 0 spiro atoms. The number of aliphatic hydroxyl groups excluding tert-OH is 1. The van der Waals surface area contributed by atoms with Crippen molar-refractivity contribution in [1.82, 2.24) is 19.9 Å². The molecule has 0 saturated carbocycles. The largest absolute Gasteiger partial charge is 0.491 e. The minimum absolute atomic E-state index is 0.0654. The van der Waals surface area contributed by atoms with Gasteiger partial charge in [0.2, 0.25) is 0 Å². The Morgan fingerprint density at radius 3 is 1.29 bits per heavy atom. The zero-order valence-electron chi connectivity index (χ0n) is 28.3. The lowest BCUT2D eigenvalue weighted by Crippen LogP contribution is -2.01. The smallest absolute Gasteiger partial charge is 0.120 e. The van der Waals surface area contributed by atoms with Gasteiger partial charge in [-0.25, -0.2) is 9.97 Å². The molecule has 0 aliphatic carbocycles. The number of rotatable bonds is 7.